The molecule has 2 N–H and O–H groups in total. The van der Waals surface area contributed by atoms with Gasteiger partial charge in [0.05, 0.1) is 0 Å². The Morgan fingerprint density at radius 2 is 1.39 bits per heavy atom. The molecule has 0 spiro atoms. The highest BCUT2D eigenvalue weighted by Crippen LogP contribution is 2.67. The summed E-state index contributed by atoms with van der Waals surface area (Å²) in [5.74, 6) is 5.49. The van der Waals surface area contributed by atoms with Crippen LogP contribution in [0.15, 0.2) is 11.6 Å². The van der Waals surface area contributed by atoms with Crippen molar-refractivity contribution in [3.8, 4) is 0 Å². The summed E-state index contributed by atoms with van der Waals surface area (Å²) in [5, 5.41) is 6.53. The van der Waals surface area contributed by atoms with E-state index in [1.807, 2.05) is 81.9 Å². The number of ether oxygens (including phenoxy) is 2. The minimum Gasteiger partial charge on any atom is -0.444 e. The first-order valence-corrected chi connectivity index (χ1v) is 27.7. The second-order valence-corrected chi connectivity index (χ2v) is 25.9. The molecule has 9 unspecified atom stereocenters. The summed E-state index contributed by atoms with van der Waals surface area (Å²) >= 11 is 0. The Kier molecular flexibility index (Phi) is 20.8. The Balaban J connectivity index is 1.21. The number of hydrogen-bond donors (Lipinski definition) is 2. The van der Waals surface area contributed by atoms with Crippen molar-refractivity contribution >= 4 is 39.7 Å². The van der Waals surface area contributed by atoms with Crippen molar-refractivity contribution < 1.29 is 23.9 Å². The van der Waals surface area contributed by atoms with Crippen LogP contribution < -0.4 is 10.6 Å². The normalized spacial score (nSPS) is 28.2. The zero-order valence-electron chi connectivity index (χ0n) is 41.8. The molecule has 3 amide bonds. The van der Waals surface area contributed by atoms with Crippen molar-refractivity contribution in [1.29, 1.82) is 0 Å². The van der Waals surface area contributed by atoms with E-state index in [4.69, 9.17) is 9.47 Å². The quantitative estimate of drug-likeness (QED) is 0.0599. The van der Waals surface area contributed by atoms with Crippen LogP contribution >= 0.6 is 21.6 Å². The van der Waals surface area contributed by atoms with Crippen LogP contribution in [0.4, 0.5) is 9.59 Å². The fourth-order valence-electron chi connectivity index (χ4n) is 11.8. The number of rotatable bonds is 23. The van der Waals surface area contributed by atoms with Crippen molar-refractivity contribution in [3.63, 3.8) is 0 Å². The van der Waals surface area contributed by atoms with Gasteiger partial charge in [-0.1, -0.05) is 106 Å². The zero-order chi connectivity index (χ0) is 45.7. The number of carbonyl (C=O) groups is 3. The highest BCUT2D eigenvalue weighted by atomic mass is 33.1. The van der Waals surface area contributed by atoms with Crippen LogP contribution in [0, 0.1) is 40.4 Å². The van der Waals surface area contributed by atoms with E-state index in [0.717, 1.165) is 80.4 Å². The summed E-state index contributed by atoms with van der Waals surface area (Å²) in [6.07, 6.45) is 26.0. The van der Waals surface area contributed by atoms with Crippen molar-refractivity contribution in [3.05, 3.63) is 11.6 Å². The molecule has 10 heteroatoms. The fourth-order valence-corrected chi connectivity index (χ4v) is 14.4. The van der Waals surface area contributed by atoms with E-state index in [-0.39, 0.29) is 24.1 Å². The van der Waals surface area contributed by atoms with Crippen LogP contribution in [-0.2, 0) is 14.3 Å². The molecule has 9 atom stereocenters. The first-order valence-electron chi connectivity index (χ1n) is 25.3. The van der Waals surface area contributed by atoms with Crippen LogP contribution in [0.25, 0.3) is 0 Å². The largest absolute Gasteiger partial charge is 0.444 e. The molecular formula is C52H93N3O5S2. The van der Waals surface area contributed by atoms with Gasteiger partial charge in [-0.25, -0.2) is 9.59 Å². The first-order chi connectivity index (χ1) is 29.1. The van der Waals surface area contributed by atoms with E-state index in [1.165, 1.54) is 77.0 Å². The molecule has 0 aliphatic heterocycles. The number of fused-ring (bicyclic) bond motifs is 5. The van der Waals surface area contributed by atoms with Crippen molar-refractivity contribution in [1.82, 2.24) is 15.5 Å². The van der Waals surface area contributed by atoms with Gasteiger partial charge in [0.2, 0.25) is 5.91 Å². The SMILES string of the molecule is CC(C)CCCCC1CCC2C3CC=C4CC(SSCCC(=O)N(CCCCCCCC(C)NC(=O)OC(C)(C)C)CCC(C)NC(=O)OC(C)(C)C)CCC4(C)C3CCC12C. The number of nitrogens with zero attached hydrogens (tertiary/aromatic N) is 1. The molecule has 4 aliphatic carbocycles. The smallest absolute Gasteiger partial charge is 0.407 e. The van der Waals surface area contributed by atoms with Gasteiger partial charge in [-0.15, -0.1) is 0 Å². The molecule has 0 bridgehead atoms. The highest BCUT2D eigenvalue weighted by molar-refractivity contribution is 8.76. The van der Waals surface area contributed by atoms with E-state index < -0.39 is 17.3 Å². The maximum atomic E-state index is 13.7. The predicted octanol–water partition coefficient (Wildman–Crippen LogP) is 14.3. The average molecular weight is 904 g/mol. The monoisotopic (exact) mass is 904 g/mol. The number of hydrogen-bond acceptors (Lipinski definition) is 7. The summed E-state index contributed by atoms with van der Waals surface area (Å²) in [4.78, 5) is 40.3. The topological polar surface area (TPSA) is 97.0 Å². The molecule has 8 nitrogen and oxygen atoms in total. The van der Waals surface area contributed by atoms with E-state index in [2.05, 4.69) is 44.4 Å². The Bertz CT molecular complexity index is 1440. The van der Waals surface area contributed by atoms with Gasteiger partial charge in [-0.2, -0.15) is 0 Å². The summed E-state index contributed by atoms with van der Waals surface area (Å²) in [6.45, 7) is 26.7. The highest BCUT2D eigenvalue weighted by Gasteiger charge is 2.58. The van der Waals surface area contributed by atoms with Gasteiger partial charge in [-0.3, -0.25) is 4.79 Å². The summed E-state index contributed by atoms with van der Waals surface area (Å²) in [7, 11) is 3.95. The molecule has 0 aromatic heterocycles. The van der Waals surface area contributed by atoms with Gasteiger partial charge < -0.3 is 25.0 Å². The van der Waals surface area contributed by atoms with Crippen molar-refractivity contribution in [2.45, 2.75) is 240 Å². The Labute approximate surface area is 388 Å². The average Bonchev–Trinajstić information content (AvgIpc) is 3.49. The summed E-state index contributed by atoms with van der Waals surface area (Å²) < 4.78 is 10.9. The molecule has 0 aromatic carbocycles. The van der Waals surface area contributed by atoms with Crippen LogP contribution in [0.5, 0.6) is 0 Å². The van der Waals surface area contributed by atoms with E-state index in [9.17, 15) is 14.4 Å². The summed E-state index contributed by atoms with van der Waals surface area (Å²) in [6, 6.07) is -0.0244. The number of allylic oxidation sites excluding steroid dienone is 2. The first kappa shape index (κ1) is 53.1. The summed E-state index contributed by atoms with van der Waals surface area (Å²) in [5.41, 5.74) is 1.66. The number of alkyl carbamates (subject to hydrolysis) is 2. The number of unbranched alkanes of at least 4 members (excludes halogenated alkanes) is 5. The lowest BCUT2D eigenvalue weighted by Crippen LogP contribution is -2.50. The molecule has 62 heavy (non-hydrogen) atoms. The maximum absolute atomic E-state index is 13.7. The molecule has 0 saturated heterocycles. The molecule has 0 aromatic rings. The molecule has 0 radical (unpaired) electrons. The molecule has 358 valence electrons. The van der Waals surface area contributed by atoms with Crippen LogP contribution in [-0.4, -0.2) is 70.4 Å². The number of amides is 3. The van der Waals surface area contributed by atoms with E-state index in [0.29, 0.717) is 35.5 Å². The third-order valence-corrected chi connectivity index (χ3v) is 18.1. The molecule has 4 rings (SSSR count). The minimum atomic E-state index is -0.550. The van der Waals surface area contributed by atoms with E-state index >= 15 is 0 Å². The van der Waals surface area contributed by atoms with Gasteiger partial charge in [-0.05, 0) is 173 Å². The van der Waals surface area contributed by atoms with Gasteiger partial charge in [0, 0.05) is 42.6 Å². The van der Waals surface area contributed by atoms with Gasteiger partial charge >= 0.3 is 12.2 Å². The van der Waals surface area contributed by atoms with Crippen LogP contribution in [0.1, 0.15) is 212 Å². The fraction of sp³-hybridized carbons (Fsp3) is 0.904. The Morgan fingerprint density at radius 1 is 0.758 bits per heavy atom. The lowest BCUT2D eigenvalue weighted by Gasteiger charge is -2.58. The second kappa shape index (κ2) is 24.3. The molecule has 0 heterocycles. The minimum absolute atomic E-state index is 0.0725. The number of nitrogens with one attached hydrogen (secondary N) is 2. The number of carbonyl (C=O) groups excluding carboxylic acids is 3. The van der Waals surface area contributed by atoms with Gasteiger partial charge in [0.15, 0.2) is 0 Å². The second-order valence-electron chi connectivity index (χ2n) is 23.1. The van der Waals surface area contributed by atoms with E-state index in [1.54, 1.807) is 5.57 Å². The Morgan fingerprint density at radius 3 is 2.05 bits per heavy atom. The molecule has 4 aliphatic rings. The third kappa shape index (κ3) is 16.7. The standard InChI is InChI=1S/C52H93N3O5S2/c1-37(2)20-17-18-22-40-24-26-44-43-25-23-41-36-42(27-31-52(41,12)45(43)28-32-51(40,44)11)62-61-35-30-46(56)55(34-29-39(4)54-48(58)60-50(8,9)10)33-19-15-13-14-16-21-38(3)53-47(57)59-49(5,6)7/h23,37-40,42-45H,13-22,24-36H2,1-12H3,(H,53,57)(H,54,58). The molecule has 3 saturated carbocycles. The Hall–Kier alpha value is -1.55. The van der Waals surface area contributed by atoms with Crippen molar-refractivity contribution in [2.24, 2.45) is 40.4 Å². The van der Waals surface area contributed by atoms with Crippen LogP contribution in [0.3, 0.4) is 0 Å². The molecule has 3 fully saturated rings. The molecular weight excluding hydrogens is 811 g/mol. The lowest BCUT2D eigenvalue weighted by atomic mass is 9.47. The van der Waals surface area contributed by atoms with Gasteiger partial charge in [0.1, 0.15) is 11.2 Å². The van der Waals surface area contributed by atoms with Crippen molar-refractivity contribution in [2.75, 3.05) is 18.8 Å². The lowest BCUT2D eigenvalue weighted by molar-refractivity contribution is -0.131. The third-order valence-electron chi connectivity index (χ3n) is 15.2. The predicted molar refractivity (Wildman–Crippen MR) is 264 cm³/mol. The zero-order valence-corrected chi connectivity index (χ0v) is 43.4. The van der Waals surface area contributed by atoms with Gasteiger partial charge in [0.25, 0.3) is 0 Å². The van der Waals surface area contributed by atoms with Crippen LogP contribution in [0.2, 0.25) is 0 Å². The maximum Gasteiger partial charge on any atom is 0.407 e.